The van der Waals surface area contributed by atoms with E-state index in [4.69, 9.17) is 9.72 Å². The van der Waals surface area contributed by atoms with Crippen LogP contribution in [0.3, 0.4) is 0 Å². The molecule has 250 valence electrons. The highest BCUT2D eigenvalue weighted by Crippen LogP contribution is 2.42. The van der Waals surface area contributed by atoms with E-state index in [-0.39, 0.29) is 49.0 Å². The zero-order chi connectivity index (χ0) is 32.8. The van der Waals surface area contributed by atoms with Crippen LogP contribution in [0.4, 0.5) is 27.8 Å². The molecule has 2 aliphatic heterocycles. The van der Waals surface area contributed by atoms with Crippen molar-refractivity contribution in [2.75, 3.05) is 31.1 Å². The van der Waals surface area contributed by atoms with E-state index in [1.165, 1.54) is 27.7 Å². The largest absolute Gasteiger partial charge is 0.393 e. The molecule has 2 saturated heterocycles. The number of fused-ring (bicyclic) bond motifs is 1. The number of nitrogens with one attached hydrogen (secondary N) is 2. The fourth-order valence-electron chi connectivity index (χ4n) is 6.71. The highest BCUT2D eigenvalue weighted by molar-refractivity contribution is 5.92. The lowest BCUT2D eigenvalue weighted by molar-refractivity contribution is -0.183. The Morgan fingerprint density at radius 1 is 1.28 bits per heavy atom. The van der Waals surface area contributed by atoms with Crippen molar-refractivity contribution in [1.29, 1.82) is 0 Å². The first-order chi connectivity index (χ1) is 21.8. The number of piperidine rings is 1. The summed E-state index contributed by atoms with van der Waals surface area (Å²) in [4.78, 5) is 37.3. The van der Waals surface area contributed by atoms with Gasteiger partial charge in [-0.15, -0.1) is 0 Å². The number of amides is 2. The van der Waals surface area contributed by atoms with E-state index >= 15 is 0 Å². The lowest BCUT2D eigenvalue weighted by Crippen LogP contribution is -2.47. The summed E-state index contributed by atoms with van der Waals surface area (Å²) in [5, 5.41) is 14.0. The fourth-order valence-corrected chi connectivity index (χ4v) is 6.71. The summed E-state index contributed by atoms with van der Waals surface area (Å²) in [5.74, 6) is -6.75. The summed E-state index contributed by atoms with van der Waals surface area (Å²) in [6.45, 7) is 2.63. The molecule has 0 radical (unpaired) electrons. The van der Waals surface area contributed by atoms with Crippen LogP contribution in [0.15, 0.2) is 18.5 Å². The van der Waals surface area contributed by atoms with Crippen molar-refractivity contribution in [1.82, 2.24) is 40.0 Å². The Labute approximate surface area is 261 Å². The van der Waals surface area contributed by atoms with Crippen LogP contribution in [0.5, 0.6) is 0 Å². The molecule has 12 nitrogen and oxygen atoms in total. The van der Waals surface area contributed by atoms with E-state index in [1.807, 2.05) is 11.8 Å². The van der Waals surface area contributed by atoms with Crippen molar-refractivity contribution >= 4 is 23.4 Å². The number of alkyl halides is 5. The molecule has 5 heterocycles. The molecule has 0 aromatic carbocycles. The van der Waals surface area contributed by atoms with Crippen LogP contribution in [-0.2, 0) is 23.0 Å². The number of rotatable bonds is 7. The molecule has 1 saturated carbocycles. The van der Waals surface area contributed by atoms with Crippen LogP contribution in [-0.4, -0.2) is 85.6 Å². The van der Waals surface area contributed by atoms with E-state index in [9.17, 15) is 31.5 Å². The van der Waals surface area contributed by atoms with Gasteiger partial charge < -0.3 is 20.3 Å². The van der Waals surface area contributed by atoms with Crippen LogP contribution < -0.4 is 15.5 Å². The minimum absolute atomic E-state index is 0.106. The molecular formula is C29H36F5N9O3. The Kier molecular flexibility index (Phi) is 8.63. The number of hydrogen-bond donors (Lipinski definition) is 2. The predicted molar refractivity (Wildman–Crippen MR) is 153 cm³/mol. The van der Waals surface area contributed by atoms with Gasteiger partial charge in [-0.25, -0.2) is 18.3 Å². The quantitative estimate of drug-likeness (QED) is 0.372. The third-order valence-corrected chi connectivity index (χ3v) is 9.10. The first-order valence-electron chi connectivity index (χ1n) is 15.4. The van der Waals surface area contributed by atoms with Gasteiger partial charge in [0, 0.05) is 58.1 Å². The zero-order valence-corrected chi connectivity index (χ0v) is 25.4. The molecule has 6 rings (SSSR count). The highest BCUT2D eigenvalue weighted by Gasteiger charge is 2.45. The van der Waals surface area contributed by atoms with E-state index in [2.05, 4.69) is 25.8 Å². The maximum atomic E-state index is 14.6. The average molecular weight is 654 g/mol. The van der Waals surface area contributed by atoms with Gasteiger partial charge >= 0.3 is 6.18 Å². The average Bonchev–Trinajstić information content (AvgIpc) is 3.61. The molecule has 3 aliphatic rings. The van der Waals surface area contributed by atoms with Crippen LogP contribution >= 0.6 is 0 Å². The van der Waals surface area contributed by atoms with Crippen LogP contribution in [0.1, 0.15) is 66.9 Å². The summed E-state index contributed by atoms with van der Waals surface area (Å²) in [6, 6.07) is 0.602. The number of hydrogen-bond acceptors (Lipinski definition) is 8. The first kappa shape index (κ1) is 32.1. The number of halogens is 5. The van der Waals surface area contributed by atoms with Crippen molar-refractivity contribution in [2.24, 2.45) is 24.8 Å². The summed E-state index contributed by atoms with van der Waals surface area (Å²) in [5.41, 5.74) is 0.805. The van der Waals surface area contributed by atoms with Crippen molar-refractivity contribution < 1.29 is 36.3 Å². The molecule has 3 aromatic heterocycles. The molecule has 0 bridgehead atoms. The summed E-state index contributed by atoms with van der Waals surface area (Å²) in [7, 11) is 1.59. The maximum Gasteiger partial charge on any atom is 0.393 e. The molecule has 3 aromatic rings. The van der Waals surface area contributed by atoms with Crippen molar-refractivity contribution in [3.63, 3.8) is 0 Å². The van der Waals surface area contributed by atoms with Crippen molar-refractivity contribution in [3.8, 4) is 0 Å². The second-order valence-electron chi connectivity index (χ2n) is 12.5. The van der Waals surface area contributed by atoms with Gasteiger partial charge in [-0.3, -0.25) is 14.3 Å². The number of morpholine rings is 1. The van der Waals surface area contributed by atoms with Crippen LogP contribution in [0.2, 0.25) is 0 Å². The lowest BCUT2D eigenvalue weighted by Gasteiger charge is -2.34. The summed E-state index contributed by atoms with van der Waals surface area (Å²) < 4.78 is 78.4. The smallest absolute Gasteiger partial charge is 0.375 e. The Bertz CT molecular complexity index is 1590. The lowest BCUT2D eigenvalue weighted by atomic mass is 9.80. The van der Waals surface area contributed by atoms with Crippen molar-refractivity contribution in [3.05, 3.63) is 35.5 Å². The van der Waals surface area contributed by atoms with E-state index in [0.717, 1.165) is 0 Å². The molecule has 1 aliphatic carbocycles. The Morgan fingerprint density at radius 3 is 2.78 bits per heavy atom. The van der Waals surface area contributed by atoms with Crippen molar-refractivity contribution in [2.45, 2.75) is 69.7 Å². The number of nitrogens with zero attached hydrogens (tertiary/aromatic N) is 7. The van der Waals surface area contributed by atoms with Gasteiger partial charge in [0.05, 0.1) is 36.6 Å². The van der Waals surface area contributed by atoms with Gasteiger partial charge in [-0.2, -0.15) is 28.4 Å². The molecule has 2 amide bonds. The minimum Gasteiger partial charge on any atom is -0.375 e. The van der Waals surface area contributed by atoms with Gasteiger partial charge in [0.15, 0.2) is 5.82 Å². The van der Waals surface area contributed by atoms with E-state index < -0.39 is 60.7 Å². The maximum absolute atomic E-state index is 14.6. The van der Waals surface area contributed by atoms with Gasteiger partial charge in [0.1, 0.15) is 11.4 Å². The molecule has 17 heteroatoms. The van der Waals surface area contributed by atoms with E-state index in [0.29, 0.717) is 37.6 Å². The van der Waals surface area contributed by atoms with Crippen LogP contribution in [0, 0.1) is 17.8 Å². The van der Waals surface area contributed by atoms with Gasteiger partial charge in [-0.1, -0.05) is 0 Å². The Balaban J connectivity index is 1.38. The first-order valence-corrected chi connectivity index (χ1v) is 15.4. The number of ether oxygens (including phenoxy) is 1. The number of aromatic nitrogens is 6. The normalized spacial score (nSPS) is 26.2. The molecule has 46 heavy (non-hydrogen) atoms. The van der Waals surface area contributed by atoms with E-state index in [1.54, 1.807) is 7.05 Å². The molecule has 2 N–H and O–H groups in total. The third-order valence-electron chi connectivity index (χ3n) is 9.10. The second-order valence-corrected chi connectivity index (χ2v) is 12.5. The SMILES string of the molecule is C[C@H]1CN(c2nc3nc([C@@H](NC(=O)c4ccnn4C)[C@@H]4CCCC(F)(F)C4)cn3nc2C[C@H]2C[C@@H](C(F)(F)F)CNC2=O)CCO1. The molecule has 0 unspecified atom stereocenters. The topological polar surface area (TPSA) is 132 Å². The Morgan fingerprint density at radius 2 is 2.09 bits per heavy atom. The zero-order valence-electron chi connectivity index (χ0n) is 25.4. The van der Waals surface area contributed by atoms with Gasteiger partial charge in [-0.05, 0) is 38.2 Å². The van der Waals surface area contributed by atoms with Crippen LogP contribution in [0.25, 0.3) is 5.78 Å². The Hall–Kier alpha value is -3.89. The molecule has 3 fully saturated rings. The second kappa shape index (κ2) is 12.4. The highest BCUT2D eigenvalue weighted by atomic mass is 19.4. The number of aryl methyl sites for hydroxylation is 1. The summed E-state index contributed by atoms with van der Waals surface area (Å²) in [6.07, 6.45) is -2.16. The molecular weight excluding hydrogens is 617 g/mol. The van der Waals surface area contributed by atoms with Gasteiger partial charge in [0.25, 0.3) is 11.7 Å². The number of imidazole rings is 1. The molecule has 0 spiro atoms. The monoisotopic (exact) mass is 653 g/mol. The minimum atomic E-state index is -4.46. The fraction of sp³-hybridized carbons (Fsp3) is 0.655. The standard InChI is InChI=1S/C29H36F5N9O3/c1-16-14-42(8-9-46-16)24-20(11-18-10-19(29(32,33)34)13-35-25(18)44)40-43-15-21(37-27(43)39-24)23(17-4-3-6-28(30,31)12-17)38-26(45)22-5-7-36-41(22)2/h5,7,15-19,23H,3-4,6,8-14H2,1-2H3,(H,35,44)(H,38,45)/t16-,17+,18+,19+,23-/m0/s1. The van der Waals surface area contributed by atoms with Gasteiger partial charge in [0.2, 0.25) is 11.8 Å². The number of carbonyl (C=O) groups excluding carboxylic acids is 2. The number of anilines is 1. The molecule has 5 atom stereocenters. The third kappa shape index (κ3) is 6.78. The predicted octanol–water partition coefficient (Wildman–Crippen LogP) is 3.24. The summed E-state index contributed by atoms with van der Waals surface area (Å²) >= 11 is 0. The number of carbonyl (C=O) groups is 2.